The molecule has 1 atom stereocenters. The number of carbonyl (C=O) groups is 3. The average Bonchev–Trinajstić information content (AvgIpc) is 2.95. The van der Waals surface area contributed by atoms with Gasteiger partial charge >= 0.3 is 0 Å². The number of imide groups is 1. The zero-order valence-electron chi connectivity index (χ0n) is 21.6. The van der Waals surface area contributed by atoms with E-state index in [9.17, 15) is 19.5 Å². The Balaban J connectivity index is 1.07. The lowest BCUT2D eigenvalue weighted by Gasteiger charge is -2.36. The lowest BCUT2D eigenvalue weighted by Crippen LogP contribution is -2.51. The standard InChI is InChI=1S/C30H33N3O5/c1-2-27(35)21-9-11-24(12-10-21)38-20-23(34)19-32-15-13-31(14-16-32)17-18-33-29(36)25-7-3-5-22-6-4-8-26(28(22)25)30(33)37/h3-12,23,34H,2,13-20H2,1H3. The quantitative estimate of drug-likeness (QED) is 0.328. The molecular weight excluding hydrogens is 482 g/mol. The second-order valence-corrected chi connectivity index (χ2v) is 9.88. The van der Waals surface area contributed by atoms with E-state index in [1.807, 2.05) is 31.2 Å². The van der Waals surface area contributed by atoms with Gasteiger partial charge in [0.25, 0.3) is 11.8 Å². The smallest absolute Gasteiger partial charge is 0.261 e. The fraction of sp³-hybridized carbons (Fsp3) is 0.367. The Kier molecular flexibility index (Phi) is 7.83. The van der Waals surface area contributed by atoms with Crippen molar-refractivity contribution in [3.8, 4) is 5.75 Å². The molecule has 2 heterocycles. The largest absolute Gasteiger partial charge is 0.491 e. The van der Waals surface area contributed by atoms with E-state index in [4.69, 9.17) is 4.74 Å². The van der Waals surface area contributed by atoms with E-state index in [1.54, 1.807) is 36.4 Å². The summed E-state index contributed by atoms with van der Waals surface area (Å²) in [6, 6.07) is 18.2. The topological polar surface area (TPSA) is 90.4 Å². The third-order valence-electron chi connectivity index (χ3n) is 7.37. The van der Waals surface area contributed by atoms with Gasteiger partial charge in [-0.3, -0.25) is 29.1 Å². The van der Waals surface area contributed by atoms with Crippen LogP contribution in [0.2, 0.25) is 0 Å². The summed E-state index contributed by atoms with van der Waals surface area (Å²) < 4.78 is 5.70. The number of Topliss-reactive ketones (excluding diaryl/α,β-unsaturated/α-hetero) is 1. The molecule has 1 N–H and O–H groups in total. The monoisotopic (exact) mass is 515 g/mol. The number of hydrogen-bond donors (Lipinski definition) is 1. The minimum absolute atomic E-state index is 0.0906. The summed E-state index contributed by atoms with van der Waals surface area (Å²) in [7, 11) is 0. The molecule has 3 aromatic rings. The molecule has 198 valence electrons. The molecule has 38 heavy (non-hydrogen) atoms. The summed E-state index contributed by atoms with van der Waals surface area (Å²) in [5.41, 5.74) is 1.84. The predicted octanol–water partition coefficient (Wildman–Crippen LogP) is 3.09. The Hall–Kier alpha value is -3.59. The molecule has 0 saturated carbocycles. The highest BCUT2D eigenvalue weighted by molar-refractivity contribution is 6.25. The number of ketones is 1. The third-order valence-corrected chi connectivity index (χ3v) is 7.37. The minimum atomic E-state index is -0.634. The van der Waals surface area contributed by atoms with Gasteiger partial charge in [0, 0.05) is 74.3 Å². The second-order valence-electron chi connectivity index (χ2n) is 9.88. The number of β-amino-alcohol motifs (C(OH)–C–C–N with tert-alkyl or cyclic N) is 1. The lowest BCUT2D eigenvalue weighted by molar-refractivity contribution is 0.0416. The number of benzene rings is 3. The van der Waals surface area contributed by atoms with Crippen molar-refractivity contribution in [2.24, 2.45) is 0 Å². The summed E-state index contributed by atoms with van der Waals surface area (Å²) >= 11 is 0. The van der Waals surface area contributed by atoms with E-state index in [-0.39, 0.29) is 24.2 Å². The highest BCUT2D eigenvalue weighted by Crippen LogP contribution is 2.29. The van der Waals surface area contributed by atoms with Crippen LogP contribution in [0.15, 0.2) is 60.7 Å². The Bertz CT molecular complexity index is 1280. The number of nitrogens with zero attached hydrogens (tertiary/aromatic N) is 3. The van der Waals surface area contributed by atoms with E-state index in [1.165, 1.54) is 4.90 Å². The van der Waals surface area contributed by atoms with Crippen LogP contribution in [0.5, 0.6) is 5.75 Å². The van der Waals surface area contributed by atoms with E-state index >= 15 is 0 Å². The van der Waals surface area contributed by atoms with Crippen LogP contribution in [-0.2, 0) is 0 Å². The van der Waals surface area contributed by atoms with Crippen LogP contribution in [0.1, 0.15) is 44.4 Å². The van der Waals surface area contributed by atoms with Crippen molar-refractivity contribution in [1.82, 2.24) is 14.7 Å². The van der Waals surface area contributed by atoms with Crippen LogP contribution >= 0.6 is 0 Å². The first-order chi connectivity index (χ1) is 18.4. The Morgan fingerprint density at radius 2 is 1.47 bits per heavy atom. The molecule has 2 aliphatic heterocycles. The predicted molar refractivity (Wildman–Crippen MR) is 145 cm³/mol. The third kappa shape index (κ3) is 5.48. The molecule has 8 nitrogen and oxygen atoms in total. The number of amides is 2. The zero-order chi connectivity index (χ0) is 26.6. The SMILES string of the molecule is CCC(=O)c1ccc(OCC(O)CN2CCN(CCN3C(=O)c4cccc5cccc(c45)C3=O)CC2)cc1. The molecule has 0 aromatic heterocycles. The van der Waals surface area contributed by atoms with Crippen molar-refractivity contribution in [2.75, 3.05) is 52.4 Å². The summed E-state index contributed by atoms with van der Waals surface area (Å²) in [6.45, 7) is 6.64. The molecule has 0 bridgehead atoms. The van der Waals surface area contributed by atoms with Gasteiger partial charge in [-0.1, -0.05) is 31.2 Å². The molecular formula is C30H33N3O5. The molecule has 1 fully saturated rings. The fourth-order valence-corrected chi connectivity index (χ4v) is 5.20. The van der Waals surface area contributed by atoms with Crippen molar-refractivity contribution in [3.05, 3.63) is 77.4 Å². The van der Waals surface area contributed by atoms with Gasteiger partial charge in [0.15, 0.2) is 5.78 Å². The number of carbonyl (C=O) groups excluding carboxylic acids is 3. The lowest BCUT2D eigenvalue weighted by atomic mass is 9.94. The number of aliphatic hydroxyl groups is 1. The summed E-state index contributed by atoms with van der Waals surface area (Å²) in [4.78, 5) is 43.8. The van der Waals surface area contributed by atoms with Crippen molar-refractivity contribution in [2.45, 2.75) is 19.4 Å². The van der Waals surface area contributed by atoms with E-state index in [0.717, 1.165) is 37.0 Å². The molecule has 8 heteroatoms. The van der Waals surface area contributed by atoms with Crippen LogP contribution in [0.25, 0.3) is 10.8 Å². The molecule has 2 aliphatic rings. The summed E-state index contributed by atoms with van der Waals surface area (Å²) in [5.74, 6) is 0.260. The van der Waals surface area contributed by atoms with Crippen molar-refractivity contribution < 1.29 is 24.2 Å². The Morgan fingerprint density at radius 3 is 2.08 bits per heavy atom. The minimum Gasteiger partial charge on any atom is -0.491 e. The molecule has 1 unspecified atom stereocenters. The Morgan fingerprint density at radius 1 is 0.868 bits per heavy atom. The van der Waals surface area contributed by atoms with Gasteiger partial charge < -0.3 is 9.84 Å². The van der Waals surface area contributed by atoms with Crippen molar-refractivity contribution >= 4 is 28.4 Å². The van der Waals surface area contributed by atoms with Gasteiger partial charge in [0.1, 0.15) is 18.5 Å². The van der Waals surface area contributed by atoms with E-state index in [0.29, 0.717) is 48.5 Å². The molecule has 0 spiro atoms. The van der Waals surface area contributed by atoms with Crippen LogP contribution < -0.4 is 4.74 Å². The first-order valence-corrected chi connectivity index (χ1v) is 13.2. The number of rotatable bonds is 10. The number of hydrogen-bond acceptors (Lipinski definition) is 7. The number of aliphatic hydroxyl groups excluding tert-OH is 1. The fourth-order valence-electron chi connectivity index (χ4n) is 5.20. The molecule has 0 aliphatic carbocycles. The van der Waals surface area contributed by atoms with Crippen LogP contribution in [0.4, 0.5) is 0 Å². The van der Waals surface area contributed by atoms with Gasteiger partial charge in [0.2, 0.25) is 0 Å². The highest BCUT2D eigenvalue weighted by atomic mass is 16.5. The Labute approximate surface area is 222 Å². The highest BCUT2D eigenvalue weighted by Gasteiger charge is 2.33. The molecule has 3 aromatic carbocycles. The van der Waals surface area contributed by atoms with E-state index < -0.39 is 6.10 Å². The zero-order valence-corrected chi connectivity index (χ0v) is 21.6. The van der Waals surface area contributed by atoms with Crippen LogP contribution in [0.3, 0.4) is 0 Å². The maximum absolute atomic E-state index is 13.1. The number of piperazine rings is 1. The van der Waals surface area contributed by atoms with Crippen molar-refractivity contribution in [3.63, 3.8) is 0 Å². The first-order valence-electron chi connectivity index (χ1n) is 13.2. The van der Waals surface area contributed by atoms with Crippen molar-refractivity contribution in [1.29, 1.82) is 0 Å². The normalized spacial score (nSPS) is 17.2. The van der Waals surface area contributed by atoms with Gasteiger partial charge in [0.05, 0.1) is 0 Å². The first kappa shape index (κ1) is 26.0. The molecule has 2 amide bonds. The van der Waals surface area contributed by atoms with Gasteiger partial charge in [-0.25, -0.2) is 0 Å². The molecule has 0 radical (unpaired) electrons. The van der Waals surface area contributed by atoms with Gasteiger partial charge in [-0.15, -0.1) is 0 Å². The van der Waals surface area contributed by atoms with Gasteiger partial charge in [-0.2, -0.15) is 0 Å². The molecule has 5 rings (SSSR count). The summed E-state index contributed by atoms with van der Waals surface area (Å²) in [6.07, 6.45) is -0.170. The second kappa shape index (κ2) is 11.4. The maximum atomic E-state index is 13.1. The van der Waals surface area contributed by atoms with Gasteiger partial charge in [-0.05, 0) is 41.8 Å². The molecule has 1 saturated heterocycles. The number of ether oxygens (including phenoxy) is 1. The van der Waals surface area contributed by atoms with Crippen LogP contribution in [0, 0.1) is 0 Å². The van der Waals surface area contributed by atoms with Crippen LogP contribution in [-0.4, -0.2) is 95.9 Å². The average molecular weight is 516 g/mol. The van der Waals surface area contributed by atoms with E-state index in [2.05, 4.69) is 9.80 Å². The maximum Gasteiger partial charge on any atom is 0.261 e. The summed E-state index contributed by atoms with van der Waals surface area (Å²) in [5, 5.41) is 12.1.